The third kappa shape index (κ3) is 3.88. The summed E-state index contributed by atoms with van der Waals surface area (Å²) in [5, 5.41) is 0. The number of carbonyl (C=O) groups is 1. The van der Waals surface area contributed by atoms with Gasteiger partial charge in [0.15, 0.2) is 0 Å². The van der Waals surface area contributed by atoms with E-state index in [-0.39, 0.29) is 18.3 Å². The lowest BCUT2D eigenvalue weighted by atomic mass is 9.65. The Kier molecular flexibility index (Phi) is 6.80. The summed E-state index contributed by atoms with van der Waals surface area (Å²) in [7, 11) is 0. The van der Waals surface area contributed by atoms with Gasteiger partial charge >= 0.3 is 0 Å². The molecule has 2 atom stereocenters. The molecular formula is C16H31ClN2O. The van der Waals surface area contributed by atoms with Crippen LogP contribution in [0.15, 0.2) is 0 Å². The van der Waals surface area contributed by atoms with Gasteiger partial charge in [0.1, 0.15) is 0 Å². The molecule has 0 aliphatic heterocycles. The Morgan fingerprint density at radius 1 is 1.25 bits per heavy atom. The molecule has 2 aliphatic carbocycles. The molecule has 4 heteroatoms. The number of amides is 1. The Hall–Kier alpha value is -0.280. The van der Waals surface area contributed by atoms with E-state index >= 15 is 0 Å². The van der Waals surface area contributed by atoms with Gasteiger partial charge in [0.2, 0.25) is 5.91 Å². The molecule has 2 N–H and O–H groups in total. The van der Waals surface area contributed by atoms with Crippen LogP contribution < -0.4 is 5.73 Å². The van der Waals surface area contributed by atoms with Crippen molar-refractivity contribution in [3.8, 4) is 0 Å². The summed E-state index contributed by atoms with van der Waals surface area (Å²) in [6.45, 7) is 8.20. The van der Waals surface area contributed by atoms with Crippen molar-refractivity contribution in [2.75, 3.05) is 13.1 Å². The third-order valence-electron chi connectivity index (χ3n) is 5.04. The molecule has 2 fully saturated rings. The highest BCUT2D eigenvalue weighted by Gasteiger charge is 2.41. The van der Waals surface area contributed by atoms with Gasteiger partial charge in [0, 0.05) is 25.0 Å². The van der Waals surface area contributed by atoms with Gasteiger partial charge in [-0.1, -0.05) is 20.3 Å². The summed E-state index contributed by atoms with van der Waals surface area (Å²) < 4.78 is 0. The standard InChI is InChI=1S/C16H30N2O.ClH/c1-4-18(10-11(2)3)16(19)14-8-12-6-5-7-13(9-14)15(12)17;/h11-15H,4-10,17H2,1-3H3;1H. The Morgan fingerprint density at radius 3 is 2.25 bits per heavy atom. The van der Waals surface area contributed by atoms with E-state index in [1.807, 2.05) is 0 Å². The predicted molar refractivity (Wildman–Crippen MR) is 85.9 cm³/mol. The number of hydrogen-bond acceptors (Lipinski definition) is 2. The molecule has 2 unspecified atom stereocenters. The number of nitrogens with two attached hydrogens (primary N) is 1. The fourth-order valence-corrected chi connectivity index (χ4v) is 4.06. The number of nitrogens with zero attached hydrogens (tertiary/aromatic N) is 1. The number of rotatable bonds is 4. The van der Waals surface area contributed by atoms with Crippen molar-refractivity contribution in [2.45, 2.75) is 58.9 Å². The Labute approximate surface area is 130 Å². The monoisotopic (exact) mass is 302 g/mol. The topological polar surface area (TPSA) is 46.3 Å². The fourth-order valence-electron chi connectivity index (χ4n) is 4.06. The van der Waals surface area contributed by atoms with E-state index in [0.717, 1.165) is 25.9 Å². The molecular weight excluding hydrogens is 272 g/mol. The van der Waals surface area contributed by atoms with Gasteiger partial charge in [-0.2, -0.15) is 0 Å². The van der Waals surface area contributed by atoms with Gasteiger partial charge in [-0.05, 0) is 50.4 Å². The maximum absolute atomic E-state index is 12.7. The van der Waals surface area contributed by atoms with Gasteiger partial charge in [-0.25, -0.2) is 0 Å². The highest BCUT2D eigenvalue weighted by atomic mass is 35.5. The van der Waals surface area contributed by atoms with Crippen LogP contribution in [-0.4, -0.2) is 29.9 Å². The van der Waals surface area contributed by atoms with E-state index in [0.29, 0.717) is 29.7 Å². The van der Waals surface area contributed by atoms with Crippen molar-refractivity contribution < 1.29 is 4.79 Å². The lowest BCUT2D eigenvalue weighted by molar-refractivity contribution is -0.139. The second-order valence-electron chi connectivity index (χ2n) is 6.97. The SMILES string of the molecule is CCN(CC(C)C)C(=O)C1CC2CCCC(C1)C2N.Cl. The van der Waals surface area contributed by atoms with Crippen LogP contribution in [0.25, 0.3) is 0 Å². The van der Waals surface area contributed by atoms with Gasteiger partial charge in [0.25, 0.3) is 0 Å². The lowest BCUT2D eigenvalue weighted by Gasteiger charge is -2.44. The van der Waals surface area contributed by atoms with Crippen molar-refractivity contribution in [1.29, 1.82) is 0 Å². The molecule has 0 aromatic carbocycles. The smallest absolute Gasteiger partial charge is 0.225 e. The van der Waals surface area contributed by atoms with Crippen LogP contribution in [0, 0.1) is 23.7 Å². The summed E-state index contributed by atoms with van der Waals surface area (Å²) in [6, 6.07) is 0.359. The largest absolute Gasteiger partial charge is 0.342 e. The Morgan fingerprint density at radius 2 is 1.80 bits per heavy atom. The average molecular weight is 303 g/mol. The second kappa shape index (κ2) is 7.65. The van der Waals surface area contributed by atoms with Crippen molar-refractivity contribution in [3.05, 3.63) is 0 Å². The van der Waals surface area contributed by atoms with E-state index in [9.17, 15) is 4.79 Å². The molecule has 1 amide bonds. The van der Waals surface area contributed by atoms with E-state index in [1.54, 1.807) is 0 Å². The second-order valence-corrected chi connectivity index (χ2v) is 6.97. The summed E-state index contributed by atoms with van der Waals surface area (Å²) in [5.74, 6) is 2.38. The molecule has 2 rings (SSSR count). The summed E-state index contributed by atoms with van der Waals surface area (Å²) in [6.07, 6.45) is 5.85. The van der Waals surface area contributed by atoms with Gasteiger partial charge in [-0.3, -0.25) is 4.79 Å². The highest BCUT2D eigenvalue weighted by molar-refractivity contribution is 5.85. The van der Waals surface area contributed by atoms with Gasteiger partial charge in [-0.15, -0.1) is 12.4 Å². The molecule has 0 heterocycles. The van der Waals surface area contributed by atoms with Crippen LogP contribution in [-0.2, 0) is 4.79 Å². The average Bonchev–Trinajstić information content (AvgIpc) is 2.34. The maximum Gasteiger partial charge on any atom is 0.225 e. The predicted octanol–water partition coefficient (Wildman–Crippen LogP) is 3.07. The van der Waals surface area contributed by atoms with Crippen LogP contribution >= 0.6 is 12.4 Å². The van der Waals surface area contributed by atoms with Crippen LogP contribution in [0.5, 0.6) is 0 Å². The van der Waals surface area contributed by atoms with Crippen molar-refractivity contribution in [2.24, 2.45) is 29.4 Å². The zero-order valence-corrected chi connectivity index (χ0v) is 14.0. The quantitative estimate of drug-likeness (QED) is 0.867. The van der Waals surface area contributed by atoms with Crippen molar-refractivity contribution >= 4 is 18.3 Å². The summed E-state index contributed by atoms with van der Waals surface area (Å²) in [5.41, 5.74) is 6.31. The number of halogens is 1. The Bertz CT molecular complexity index is 308. The van der Waals surface area contributed by atoms with Gasteiger partial charge < -0.3 is 10.6 Å². The molecule has 2 bridgehead atoms. The molecule has 0 aromatic heterocycles. The van der Waals surface area contributed by atoms with Crippen LogP contribution in [0.3, 0.4) is 0 Å². The number of carbonyl (C=O) groups excluding carboxylic acids is 1. The fraction of sp³-hybridized carbons (Fsp3) is 0.938. The minimum absolute atomic E-state index is 0. The molecule has 3 nitrogen and oxygen atoms in total. The zero-order valence-electron chi connectivity index (χ0n) is 13.2. The van der Waals surface area contributed by atoms with Crippen LogP contribution in [0.2, 0.25) is 0 Å². The highest BCUT2D eigenvalue weighted by Crippen LogP contribution is 2.42. The van der Waals surface area contributed by atoms with E-state index in [2.05, 4.69) is 25.7 Å². The third-order valence-corrected chi connectivity index (χ3v) is 5.04. The molecule has 0 saturated heterocycles. The van der Waals surface area contributed by atoms with E-state index < -0.39 is 0 Å². The number of hydrogen-bond donors (Lipinski definition) is 1. The molecule has 2 aliphatic rings. The zero-order chi connectivity index (χ0) is 14.0. The van der Waals surface area contributed by atoms with Crippen LogP contribution in [0.4, 0.5) is 0 Å². The molecule has 0 aromatic rings. The maximum atomic E-state index is 12.7. The van der Waals surface area contributed by atoms with Crippen LogP contribution in [0.1, 0.15) is 52.9 Å². The normalized spacial score (nSPS) is 32.6. The molecule has 2 saturated carbocycles. The first-order chi connectivity index (χ1) is 9.02. The molecule has 20 heavy (non-hydrogen) atoms. The first-order valence-corrected chi connectivity index (χ1v) is 8.07. The molecule has 118 valence electrons. The molecule has 0 spiro atoms. The minimum atomic E-state index is 0. The lowest BCUT2D eigenvalue weighted by Crippen LogP contribution is -2.50. The first kappa shape index (κ1) is 17.8. The van der Waals surface area contributed by atoms with Crippen molar-refractivity contribution in [1.82, 2.24) is 4.90 Å². The number of fused-ring (bicyclic) bond motifs is 2. The van der Waals surface area contributed by atoms with E-state index in [1.165, 1.54) is 19.3 Å². The summed E-state index contributed by atoms with van der Waals surface area (Å²) >= 11 is 0. The van der Waals surface area contributed by atoms with E-state index in [4.69, 9.17) is 5.73 Å². The van der Waals surface area contributed by atoms with Crippen molar-refractivity contribution in [3.63, 3.8) is 0 Å². The Balaban J connectivity index is 0.00000200. The minimum Gasteiger partial charge on any atom is -0.342 e. The molecule has 0 radical (unpaired) electrons. The van der Waals surface area contributed by atoms with Gasteiger partial charge in [0.05, 0.1) is 0 Å². The summed E-state index contributed by atoms with van der Waals surface area (Å²) in [4.78, 5) is 14.7. The first-order valence-electron chi connectivity index (χ1n) is 8.07.